The molecular formula is C18H16Cl2N4O2. The van der Waals surface area contributed by atoms with Crippen LogP contribution in [0.15, 0.2) is 48.7 Å². The molecular weight excluding hydrogens is 375 g/mol. The third-order valence-corrected chi connectivity index (χ3v) is 4.02. The zero-order chi connectivity index (χ0) is 18.5. The molecule has 0 amide bonds. The number of halogens is 2. The van der Waals surface area contributed by atoms with Gasteiger partial charge in [-0.15, -0.1) is 0 Å². The van der Waals surface area contributed by atoms with E-state index in [9.17, 15) is 0 Å². The second-order valence-electron chi connectivity index (χ2n) is 5.21. The Morgan fingerprint density at radius 1 is 0.885 bits per heavy atom. The van der Waals surface area contributed by atoms with Gasteiger partial charge in [0.1, 0.15) is 17.3 Å². The van der Waals surface area contributed by atoms with E-state index in [1.165, 1.54) is 0 Å². The van der Waals surface area contributed by atoms with Crippen molar-refractivity contribution in [1.82, 2.24) is 9.97 Å². The van der Waals surface area contributed by atoms with Crippen molar-refractivity contribution in [3.8, 4) is 11.5 Å². The first kappa shape index (κ1) is 18.1. The number of rotatable bonds is 6. The van der Waals surface area contributed by atoms with Gasteiger partial charge in [0.15, 0.2) is 0 Å². The normalized spacial score (nSPS) is 10.3. The molecule has 0 unspecified atom stereocenters. The smallest absolute Gasteiger partial charge is 0.229 e. The Morgan fingerprint density at radius 2 is 1.65 bits per heavy atom. The molecule has 0 spiro atoms. The molecule has 3 aromatic rings. The Labute approximate surface area is 161 Å². The standard InChI is InChI=1S/C18H16Cl2N4O2/c1-25-15-6-4-12(10-13(15)20)22-17-7-8-21-18(24-17)23-14-9-11(19)3-5-16(14)26-2/h3-10H,1-2H3,(H2,21,22,23,24). The van der Waals surface area contributed by atoms with Gasteiger partial charge in [-0.3, -0.25) is 0 Å². The Morgan fingerprint density at radius 3 is 2.38 bits per heavy atom. The van der Waals surface area contributed by atoms with Crippen molar-refractivity contribution in [3.63, 3.8) is 0 Å². The first-order valence-electron chi connectivity index (χ1n) is 7.63. The maximum atomic E-state index is 6.15. The zero-order valence-corrected chi connectivity index (χ0v) is 15.6. The van der Waals surface area contributed by atoms with E-state index in [0.29, 0.717) is 39.0 Å². The van der Waals surface area contributed by atoms with E-state index in [2.05, 4.69) is 20.6 Å². The number of nitrogens with one attached hydrogen (secondary N) is 2. The van der Waals surface area contributed by atoms with E-state index in [1.807, 2.05) is 6.07 Å². The fourth-order valence-corrected chi connectivity index (χ4v) is 2.71. The number of aromatic nitrogens is 2. The van der Waals surface area contributed by atoms with E-state index in [-0.39, 0.29) is 0 Å². The van der Waals surface area contributed by atoms with E-state index in [0.717, 1.165) is 5.69 Å². The maximum absolute atomic E-state index is 6.15. The van der Waals surface area contributed by atoms with Gasteiger partial charge >= 0.3 is 0 Å². The number of ether oxygens (including phenoxy) is 2. The van der Waals surface area contributed by atoms with Gasteiger partial charge in [-0.25, -0.2) is 4.98 Å². The van der Waals surface area contributed by atoms with Crippen LogP contribution in [-0.2, 0) is 0 Å². The second kappa shape index (κ2) is 8.12. The van der Waals surface area contributed by atoms with Gasteiger partial charge in [0.2, 0.25) is 5.95 Å². The van der Waals surface area contributed by atoms with Crippen molar-refractivity contribution >= 4 is 46.3 Å². The summed E-state index contributed by atoms with van der Waals surface area (Å²) < 4.78 is 10.5. The van der Waals surface area contributed by atoms with Crippen molar-refractivity contribution in [1.29, 1.82) is 0 Å². The van der Waals surface area contributed by atoms with Crippen LogP contribution < -0.4 is 20.1 Å². The third-order valence-electron chi connectivity index (χ3n) is 3.49. The Hall–Kier alpha value is -2.70. The fraction of sp³-hybridized carbons (Fsp3) is 0.111. The van der Waals surface area contributed by atoms with Gasteiger partial charge in [0.05, 0.1) is 24.9 Å². The molecule has 0 bridgehead atoms. The second-order valence-corrected chi connectivity index (χ2v) is 6.05. The lowest BCUT2D eigenvalue weighted by Crippen LogP contribution is -2.01. The first-order valence-corrected chi connectivity index (χ1v) is 8.39. The molecule has 6 nitrogen and oxygen atoms in total. The molecule has 0 aliphatic carbocycles. The van der Waals surface area contributed by atoms with Crippen LogP contribution in [0.4, 0.5) is 23.1 Å². The van der Waals surface area contributed by atoms with E-state index < -0.39 is 0 Å². The average molecular weight is 391 g/mol. The number of methoxy groups -OCH3 is 2. The summed E-state index contributed by atoms with van der Waals surface area (Å²) in [4.78, 5) is 8.65. The third kappa shape index (κ3) is 4.28. The molecule has 8 heteroatoms. The number of hydrogen-bond donors (Lipinski definition) is 2. The minimum atomic E-state index is 0.398. The first-order chi connectivity index (χ1) is 12.6. The van der Waals surface area contributed by atoms with Gasteiger partial charge in [0, 0.05) is 16.9 Å². The zero-order valence-electron chi connectivity index (χ0n) is 14.1. The Kier molecular flexibility index (Phi) is 5.65. The van der Waals surface area contributed by atoms with Crippen LogP contribution >= 0.6 is 23.2 Å². The topological polar surface area (TPSA) is 68.3 Å². The summed E-state index contributed by atoms with van der Waals surface area (Å²) in [5.41, 5.74) is 1.45. The molecule has 2 N–H and O–H groups in total. The number of anilines is 4. The van der Waals surface area contributed by atoms with E-state index in [4.69, 9.17) is 32.7 Å². The van der Waals surface area contributed by atoms with Crippen LogP contribution in [0, 0.1) is 0 Å². The van der Waals surface area contributed by atoms with Crippen LogP contribution in [0.5, 0.6) is 11.5 Å². The summed E-state index contributed by atoms with van der Waals surface area (Å²) in [5.74, 6) is 2.24. The highest BCUT2D eigenvalue weighted by atomic mass is 35.5. The fourth-order valence-electron chi connectivity index (χ4n) is 2.28. The summed E-state index contributed by atoms with van der Waals surface area (Å²) in [7, 11) is 3.15. The Bertz CT molecular complexity index is 921. The number of nitrogens with zero attached hydrogens (tertiary/aromatic N) is 2. The van der Waals surface area contributed by atoms with Crippen LogP contribution in [-0.4, -0.2) is 24.2 Å². The maximum Gasteiger partial charge on any atom is 0.229 e. The van der Waals surface area contributed by atoms with Crippen molar-refractivity contribution in [2.24, 2.45) is 0 Å². The molecule has 1 aromatic heterocycles. The van der Waals surface area contributed by atoms with Crippen LogP contribution in [0.3, 0.4) is 0 Å². The molecule has 0 atom stereocenters. The van der Waals surface area contributed by atoms with Crippen molar-refractivity contribution in [2.45, 2.75) is 0 Å². The summed E-state index contributed by atoms with van der Waals surface area (Å²) in [6.07, 6.45) is 1.64. The molecule has 2 aromatic carbocycles. The Balaban J connectivity index is 1.80. The molecule has 134 valence electrons. The summed E-state index contributed by atoms with van der Waals surface area (Å²) in [6.45, 7) is 0. The number of benzene rings is 2. The molecule has 0 aliphatic heterocycles. The molecule has 0 fully saturated rings. The van der Waals surface area contributed by atoms with Crippen LogP contribution in [0.2, 0.25) is 10.0 Å². The minimum Gasteiger partial charge on any atom is -0.495 e. The SMILES string of the molecule is COc1ccc(Nc2ccnc(Nc3cc(Cl)ccc3OC)n2)cc1Cl. The number of hydrogen-bond acceptors (Lipinski definition) is 6. The van der Waals surface area contributed by atoms with Gasteiger partial charge in [-0.2, -0.15) is 4.98 Å². The minimum absolute atomic E-state index is 0.398. The molecule has 0 saturated heterocycles. The highest BCUT2D eigenvalue weighted by Gasteiger charge is 2.08. The highest BCUT2D eigenvalue weighted by molar-refractivity contribution is 6.32. The van der Waals surface area contributed by atoms with Crippen molar-refractivity contribution < 1.29 is 9.47 Å². The lowest BCUT2D eigenvalue weighted by molar-refractivity contribution is 0.415. The molecule has 0 radical (unpaired) electrons. The molecule has 0 saturated carbocycles. The molecule has 3 rings (SSSR count). The largest absolute Gasteiger partial charge is 0.495 e. The monoisotopic (exact) mass is 390 g/mol. The van der Waals surface area contributed by atoms with Gasteiger partial charge in [-0.05, 0) is 42.5 Å². The van der Waals surface area contributed by atoms with Crippen LogP contribution in [0.25, 0.3) is 0 Å². The molecule has 26 heavy (non-hydrogen) atoms. The average Bonchev–Trinajstić information content (AvgIpc) is 2.62. The lowest BCUT2D eigenvalue weighted by Gasteiger charge is -2.12. The van der Waals surface area contributed by atoms with Crippen molar-refractivity contribution in [3.05, 3.63) is 58.7 Å². The van der Waals surface area contributed by atoms with Gasteiger partial charge in [0.25, 0.3) is 0 Å². The van der Waals surface area contributed by atoms with E-state index in [1.54, 1.807) is 56.8 Å². The van der Waals surface area contributed by atoms with Gasteiger partial charge in [-0.1, -0.05) is 23.2 Å². The predicted octanol–water partition coefficient (Wildman–Crippen LogP) is 5.29. The summed E-state index contributed by atoms with van der Waals surface area (Å²) >= 11 is 12.2. The summed E-state index contributed by atoms with van der Waals surface area (Å²) in [5, 5.41) is 7.36. The lowest BCUT2D eigenvalue weighted by atomic mass is 10.3. The quantitative estimate of drug-likeness (QED) is 0.595. The predicted molar refractivity (Wildman–Crippen MR) is 105 cm³/mol. The van der Waals surface area contributed by atoms with Crippen molar-refractivity contribution in [2.75, 3.05) is 24.9 Å². The molecule has 1 heterocycles. The van der Waals surface area contributed by atoms with Gasteiger partial charge < -0.3 is 20.1 Å². The highest BCUT2D eigenvalue weighted by Crippen LogP contribution is 2.31. The van der Waals surface area contributed by atoms with E-state index >= 15 is 0 Å². The summed E-state index contributed by atoms with van der Waals surface area (Å²) in [6, 6.07) is 12.4. The van der Waals surface area contributed by atoms with Crippen LogP contribution in [0.1, 0.15) is 0 Å². The molecule has 0 aliphatic rings.